The maximum atomic E-state index is 12.9. The average molecular weight is 546 g/mol. The van der Waals surface area contributed by atoms with Crippen molar-refractivity contribution in [3.05, 3.63) is 83.2 Å². The van der Waals surface area contributed by atoms with Gasteiger partial charge in [0.15, 0.2) is 11.3 Å². The third-order valence-electron chi connectivity index (χ3n) is 5.27. The summed E-state index contributed by atoms with van der Waals surface area (Å²) in [6.45, 7) is 10.4. The molecule has 1 aromatic carbocycles. The first-order chi connectivity index (χ1) is 18.3. The van der Waals surface area contributed by atoms with Crippen LogP contribution in [0, 0.1) is 6.08 Å². The number of hydrogen-bond donors (Lipinski definition) is 0. The van der Waals surface area contributed by atoms with Crippen molar-refractivity contribution in [1.29, 1.82) is 0 Å². The Hall–Kier alpha value is -4.13. The predicted molar refractivity (Wildman–Crippen MR) is 151 cm³/mol. The third-order valence-corrected chi connectivity index (χ3v) is 5.48. The van der Waals surface area contributed by atoms with E-state index in [2.05, 4.69) is 11.1 Å². The zero-order valence-electron chi connectivity index (χ0n) is 22.8. The van der Waals surface area contributed by atoms with Crippen molar-refractivity contribution >= 4 is 40.5 Å². The van der Waals surface area contributed by atoms with Gasteiger partial charge in [-0.2, -0.15) is 0 Å². The number of ether oxygens (including phenoxy) is 2. The molecule has 2 aromatic heterocycles. The van der Waals surface area contributed by atoms with E-state index in [1.165, 1.54) is 0 Å². The quantitative estimate of drug-likeness (QED) is 0.250. The van der Waals surface area contributed by atoms with Crippen molar-refractivity contribution in [3.63, 3.8) is 0 Å². The van der Waals surface area contributed by atoms with Crippen LogP contribution in [-0.4, -0.2) is 43.2 Å². The van der Waals surface area contributed by atoms with Gasteiger partial charge in [0.25, 0.3) is 0 Å². The Balaban J connectivity index is 1.69. The summed E-state index contributed by atoms with van der Waals surface area (Å²) in [6, 6.07) is 10.8. The molecule has 0 spiro atoms. The average Bonchev–Trinajstić information content (AvgIpc) is 2.85. The molecule has 2 amide bonds. The van der Waals surface area contributed by atoms with Gasteiger partial charge >= 0.3 is 12.2 Å². The number of carbonyl (C=O) groups is 2. The molecule has 1 aliphatic rings. The standard InChI is InChI=1S/C30H30ClN4O4/c1-29(2,3)38-27(36)35(28(37)39-30(4,5)6)18-19-12-14-21(15-13-19)25-24(20-10-8-7-9-11-20)32-22-16-17-23(31)33-26(22)34-25/h7-8,10-17H,18H2,1-6H3/q+1. The molecular weight excluding hydrogens is 516 g/mol. The van der Waals surface area contributed by atoms with Gasteiger partial charge in [-0.3, -0.25) is 0 Å². The highest BCUT2D eigenvalue weighted by Gasteiger charge is 2.31. The highest BCUT2D eigenvalue weighted by molar-refractivity contribution is 6.29. The van der Waals surface area contributed by atoms with Gasteiger partial charge in [-0.05, 0) is 59.2 Å². The highest BCUT2D eigenvalue weighted by atomic mass is 35.5. The van der Waals surface area contributed by atoms with E-state index < -0.39 is 23.4 Å². The van der Waals surface area contributed by atoms with E-state index >= 15 is 0 Å². The third kappa shape index (κ3) is 7.25. The summed E-state index contributed by atoms with van der Waals surface area (Å²) in [4.78, 5) is 40.7. The molecule has 0 N–H and O–H groups in total. The number of benzene rings is 1. The first-order valence-corrected chi connectivity index (χ1v) is 12.8. The first-order valence-electron chi connectivity index (χ1n) is 12.4. The van der Waals surface area contributed by atoms with E-state index in [-0.39, 0.29) is 6.54 Å². The van der Waals surface area contributed by atoms with Crippen LogP contribution in [0.2, 0.25) is 5.15 Å². The van der Waals surface area contributed by atoms with E-state index in [0.29, 0.717) is 33.3 Å². The van der Waals surface area contributed by atoms with Crippen molar-refractivity contribution in [2.45, 2.75) is 59.3 Å². The number of allylic oxidation sites excluding steroid dienone is 6. The molecule has 1 aliphatic carbocycles. The molecule has 200 valence electrons. The van der Waals surface area contributed by atoms with Crippen LogP contribution in [0.15, 0.2) is 60.7 Å². The lowest BCUT2D eigenvalue weighted by atomic mass is 10.0. The van der Waals surface area contributed by atoms with Gasteiger partial charge in [-0.15, -0.1) is 0 Å². The van der Waals surface area contributed by atoms with Crippen LogP contribution in [-0.2, 0) is 16.0 Å². The number of halogens is 1. The number of rotatable bonds is 4. The van der Waals surface area contributed by atoms with Gasteiger partial charge in [0.1, 0.15) is 45.3 Å². The van der Waals surface area contributed by atoms with Crippen LogP contribution in [0.3, 0.4) is 0 Å². The summed E-state index contributed by atoms with van der Waals surface area (Å²) >= 11 is 6.11. The fourth-order valence-electron chi connectivity index (χ4n) is 3.65. The fraction of sp³-hybridized carbons (Fsp3) is 0.300. The summed E-state index contributed by atoms with van der Waals surface area (Å²) < 4.78 is 10.9. The Labute approximate surface area is 233 Å². The minimum absolute atomic E-state index is 0.0365. The second-order valence-corrected chi connectivity index (χ2v) is 11.3. The Kier molecular flexibility index (Phi) is 7.82. The number of aromatic nitrogens is 3. The number of imide groups is 1. The summed E-state index contributed by atoms with van der Waals surface area (Å²) in [7, 11) is 0. The molecule has 2 heterocycles. The lowest BCUT2D eigenvalue weighted by Gasteiger charge is -2.28. The number of hydrogen-bond acceptors (Lipinski definition) is 7. The Bertz CT molecular complexity index is 1470. The van der Waals surface area contributed by atoms with E-state index in [0.717, 1.165) is 16.0 Å². The summed E-state index contributed by atoms with van der Waals surface area (Å²) in [5.74, 6) is 0. The minimum atomic E-state index is -0.785. The lowest BCUT2D eigenvalue weighted by Crippen LogP contribution is -2.43. The molecule has 8 nitrogen and oxygen atoms in total. The Morgan fingerprint density at radius 1 is 0.872 bits per heavy atom. The van der Waals surface area contributed by atoms with E-state index in [1.807, 2.05) is 48.6 Å². The molecule has 0 saturated heterocycles. The van der Waals surface area contributed by atoms with Crippen molar-refractivity contribution < 1.29 is 19.1 Å². The van der Waals surface area contributed by atoms with E-state index in [9.17, 15) is 9.59 Å². The van der Waals surface area contributed by atoms with Crippen molar-refractivity contribution in [2.75, 3.05) is 0 Å². The normalized spacial score (nSPS) is 13.1. The molecule has 3 aromatic rings. The maximum absolute atomic E-state index is 12.9. The Morgan fingerprint density at radius 3 is 2.08 bits per heavy atom. The molecule has 0 saturated carbocycles. The van der Waals surface area contributed by atoms with Gasteiger partial charge in [-0.1, -0.05) is 35.9 Å². The largest absolute Gasteiger partial charge is 0.443 e. The maximum Gasteiger partial charge on any atom is 0.420 e. The van der Waals surface area contributed by atoms with Crippen LogP contribution in [0.25, 0.3) is 28.0 Å². The number of fused-ring (bicyclic) bond motifs is 1. The number of pyridine rings is 1. The monoisotopic (exact) mass is 545 g/mol. The number of nitrogens with zero attached hydrogens (tertiary/aromatic N) is 4. The molecule has 0 fully saturated rings. The van der Waals surface area contributed by atoms with Crippen molar-refractivity contribution in [3.8, 4) is 11.3 Å². The predicted octanol–water partition coefficient (Wildman–Crippen LogP) is 7.33. The molecule has 4 rings (SSSR count). The lowest BCUT2D eigenvalue weighted by molar-refractivity contribution is -0.000248. The molecule has 0 aliphatic heterocycles. The van der Waals surface area contributed by atoms with Crippen LogP contribution < -0.4 is 0 Å². The summed E-state index contributed by atoms with van der Waals surface area (Å²) in [5.41, 5.74) is 3.07. The van der Waals surface area contributed by atoms with Gasteiger partial charge in [0.05, 0.1) is 12.6 Å². The minimum Gasteiger partial charge on any atom is -0.443 e. The van der Waals surface area contributed by atoms with Gasteiger partial charge in [-0.25, -0.2) is 29.4 Å². The van der Waals surface area contributed by atoms with E-state index in [1.54, 1.807) is 53.7 Å². The SMILES string of the molecule is CC(C)(C)OC(=O)N(Cc1ccc(-c2nc3nc(Cl)ccc3nc2C2=CC=C[C+]=C2)cc1)C(=O)OC(C)(C)C. The molecule has 0 unspecified atom stereocenters. The molecule has 0 atom stereocenters. The fourth-order valence-corrected chi connectivity index (χ4v) is 3.79. The summed E-state index contributed by atoms with van der Waals surface area (Å²) in [5, 5.41) is 0.322. The van der Waals surface area contributed by atoms with Crippen molar-refractivity contribution in [2.24, 2.45) is 0 Å². The summed E-state index contributed by atoms with van der Waals surface area (Å²) in [6.07, 6.45) is 8.99. The second-order valence-electron chi connectivity index (χ2n) is 10.9. The van der Waals surface area contributed by atoms with Gasteiger partial charge in [0.2, 0.25) is 0 Å². The zero-order valence-corrected chi connectivity index (χ0v) is 23.5. The number of carbonyl (C=O) groups excluding carboxylic acids is 2. The highest BCUT2D eigenvalue weighted by Crippen LogP contribution is 2.30. The molecule has 0 radical (unpaired) electrons. The smallest absolute Gasteiger partial charge is 0.420 e. The van der Waals surface area contributed by atoms with E-state index in [4.69, 9.17) is 31.0 Å². The van der Waals surface area contributed by atoms with Gasteiger partial charge < -0.3 is 9.47 Å². The van der Waals surface area contributed by atoms with Crippen LogP contribution in [0.4, 0.5) is 9.59 Å². The topological polar surface area (TPSA) is 94.5 Å². The Morgan fingerprint density at radius 2 is 1.51 bits per heavy atom. The number of amides is 2. The molecule has 9 heteroatoms. The molecular formula is C30H30ClN4O4+. The molecule has 0 bridgehead atoms. The van der Waals surface area contributed by atoms with Crippen molar-refractivity contribution in [1.82, 2.24) is 19.9 Å². The van der Waals surface area contributed by atoms with Crippen LogP contribution in [0.1, 0.15) is 52.8 Å². The van der Waals surface area contributed by atoms with Gasteiger partial charge in [0, 0.05) is 17.7 Å². The molecule has 39 heavy (non-hydrogen) atoms. The van der Waals surface area contributed by atoms with Crippen LogP contribution in [0.5, 0.6) is 0 Å². The first kappa shape index (κ1) is 27.9. The zero-order chi connectivity index (χ0) is 28.4. The second kappa shape index (κ2) is 10.9. The van der Waals surface area contributed by atoms with Crippen LogP contribution >= 0.6 is 11.6 Å².